The number of aromatic nitrogens is 5. The van der Waals surface area contributed by atoms with Gasteiger partial charge in [-0.15, -0.1) is 10.2 Å². The van der Waals surface area contributed by atoms with E-state index in [2.05, 4.69) is 34.9 Å². The highest BCUT2D eigenvalue weighted by Gasteiger charge is 2.29. The van der Waals surface area contributed by atoms with Gasteiger partial charge in [0.1, 0.15) is 11.6 Å². The highest BCUT2D eigenvalue weighted by Crippen LogP contribution is 2.36. The van der Waals surface area contributed by atoms with Crippen LogP contribution in [0.1, 0.15) is 18.0 Å². The lowest BCUT2D eigenvalue weighted by molar-refractivity contribution is -0.107. The Bertz CT molecular complexity index is 1560. The number of hydrogen-bond donors (Lipinski definition) is 0. The molecule has 5 heterocycles. The lowest BCUT2D eigenvalue weighted by Gasteiger charge is -2.42. The van der Waals surface area contributed by atoms with Crippen LogP contribution < -0.4 is 14.5 Å². The first-order valence-electron chi connectivity index (χ1n) is 13.5. The van der Waals surface area contributed by atoms with E-state index in [0.29, 0.717) is 35.2 Å². The second-order valence-corrected chi connectivity index (χ2v) is 10.0. The fourth-order valence-electron chi connectivity index (χ4n) is 4.93. The molecule has 0 spiro atoms. The van der Waals surface area contributed by atoms with E-state index in [1.54, 1.807) is 24.5 Å². The van der Waals surface area contributed by atoms with Gasteiger partial charge in [0.2, 0.25) is 18.2 Å². The molecule has 0 unspecified atom stereocenters. The Hall–Kier alpha value is -4.63. The van der Waals surface area contributed by atoms with Crippen LogP contribution in [0.4, 0.5) is 24.8 Å². The molecule has 1 amide bonds. The van der Waals surface area contributed by atoms with Gasteiger partial charge in [0, 0.05) is 62.0 Å². The molecule has 0 saturated carbocycles. The number of anilines is 2. The monoisotopic (exact) mass is 596 g/mol. The molecule has 6 rings (SSSR count). The van der Waals surface area contributed by atoms with E-state index in [4.69, 9.17) is 13.9 Å². The molecule has 2 aliphatic rings. The zero-order valence-electron chi connectivity index (χ0n) is 23.1. The Morgan fingerprint density at radius 1 is 1.05 bits per heavy atom. The summed E-state index contributed by atoms with van der Waals surface area (Å²) in [5.41, 5.74) is 1.63. The molecular formula is C28H27F3N8O4. The summed E-state index contributed by atoms with van der Waals surface area (Å²) >= 11 is 0. The standard InChI is InChI=1S/C28H27F3N8O4/c1-41-24-8-21(18-11-33-28(34-12-18)38-6-4-37(5-7-38)20-14-42-15-20)22(29)9-23(24)39(16-40)13-19-3-2-17(10-32-19)26-35-36-27(43-26)25(30)31/h2-3,8-12,16,20,25H,4-7,13-15H2,1H3. The SMILES string of the molecule is COc1cc(-c2cnc(N3CCN(C4COC4)CC3)nc2)c(F)cc1N(C=O)Cc1ccc(-c2nnc(C(F)F)o2)cn1. The number of amides is 1. The third-order valence-corrected chi connectivity index (χ3v) is 7.42. The number of benzene rings is 1. The number of methoxy groups -OCH3 is 1. The molecule has 2 aliphatic heterocycles. The van der Waals surface area contributed by atoms with Crippen molar-refractivity contribution in [2.24, 2.45) is 0 Å². The molecular weight excluding hydrogens is 569 g/mol. The predicted octanol–water partition coefficient (Wildman–Crippen LogP) is 3.36. The largest absolute Gasteiger partial charge is 0.495 e. The quantitative estimate of drug-likeness (QED) is 0.251. The molecule has 0 N–H and O–H groups in total. The number of nitrogens with zero attached hydrogens (tertiary/aromatic N) is 8. The maximum absolute atomic E-state index is 15.4. The van der Waals surface area contributed by atoms with E-state index in [1.165, 1.54) is 30.3 Å². The van der Waals surface area contributed by atoms with Gasteiger partial charge < -0.3 is 23.7 Å². The van der Waals surface area contributed by atoms with Crippen LogP contribution in [0.2, 0.25) is 0 Å². The first kappa shape index (κ1) is 28.5. The molecule has 0 atom stereocenters. The maximum atomic E-state index is 15.4. The highest BCUT2D eigenvalue weighted by atomic mass is 19.3. The van der Waals surface area contributed by atoms with Crippen molar-refractivity contribution in [1.29, 1.82) is 0 Å². The Morgan fingerprint density at radius 3 is 2.37 bits per heavy atom. The minimum absolute atomic E-state index is 0.0239. The normalized spacial score (nSPS) is 15.9. The van der Waals surface area contributed by atoms with E-state index in [-0.39, 0.29) is 29.4 Å². The zero-order valence-corrected chi connectivity index (χ0v) is 23.1. The molecule has 15 heteroatoms. The lowest BCUT2D eigenvalue weighted by Crippen LogP contribution is -2.56. The summed E-state index contributed by atoms with van der Waals surface area (Å²) in [6, 6.07) is 6.30. The molecule has 2 fully saturated rings. The van der Waals surface area contributed by atoms with Gasteiger partial charge in [-0.1, -0.05) is 0 Å². The summed E-state index contributed by atoms with van der Waals surface area (Å²) in [6.07, 6.45) is 2.15. The third-order valence-electron chi connectivity index (χ3n) is 7.42. The number of hydrogen-bond acceptors (Lipinski definition) is 11. The van der Waals surface area contributed by atoms with Crippen LogP contribution in [-0.2, 0) is 16.1 Å². The summed E-state index contributed by atoms with van der Waals surface area (Å²) in [4.78, 5) is 31.0. The van der Waals surface area contributed by atoms with E-state index in [1.807, 2.05) is 0 Å². The minimum atomic E-state index is -2.89. The van der Waals surface area contributed by atoms with Gasteiger partial charge in [-0.3, -0.25) is 14.7 Å². The molecule has 4 aromatic rings. The molecule has 2 saturated heterocycles. The van der Waals surface area contributed by atoms with Gasteiger partial charge in [0.25, 0.3) is 5.89 Å². The van der Waals surface area contributed by atoms with Gasteiger partial charge in [-0.2, -0.15) is 8.78 Å². The van der Waals surface area contributed by atoms with Crippen molar-refractivity contribution in [1.82, 2.24) is 30.0 Å². The molecule has 0 radical (unpaired) electrons. The number of carbonyl (C=O) groups is 1. The van der Waals surface area contributed by atoms with E-state index in [9.17, 15) is 13.6 Å². The molecule has 3 aromatic heterocycles. The van der Waals surface area contributed by atoms with Crippen molar-refractivity contribution in [2.75, 3.05) is 56.3 Å². The van der Waals surface area contributed by atoms with Crippen LogP contribution in [0.3, 0.4) is 0 Å². The number of alkyl halides is 2. The van der Waals surface area contributed by atoms with E-state index < -0.39 is 18.1 Å². The van der Waals surface area contributed by atoms with Crippen molar-refractivity contribution >= 4 is 18.0 Å². The number of pyridine rings is 1. The molecule has 224 valence electrons. The summed E-state index contributed by atoms with van der Waals surface area (Å²) in [6.45, 7) is 4.93. The van der Waals surface area contributed by atoms with Crippen molar-refractivity contribution in [3.8, 4) is 28.3 Å². The second kappa shape index (κ2) is 12.3. The average Bonchev–Trinajstić information content (AvgIpc) is 3.51. The molecule has 0 aliphatic carbocycles. The number of ether oxygens (including phenoxy) is 2. The van der Waals surface area contributed by atoms with Crippen molar-refractivity contribution in [3.05, 3.63) is 60.3 Å². The predicted molar refractivity (Wildman–Crippen MR) is 147 cm³/mol. The first-order valence-corrected chi connectivity index (χ1v) is 13.5. The van der Waals surface area contributed by atoms with Crippen molar-refractivity contribution in [2.45, 2.75) is 19.0 Å². The van der Waals surface area contributed by atoms with Crippen LogP contribution in [-0.4, -0.2) is 89.0 Å². The summed E-state index contributed by atoms with van der Waals surface area (Å²) < 4.78 is 56.6. The van der Waals surface area contributed by atoms with E-state index >= 15 is 4.39 Å². The highest BCUT2D eigenvalue weighted by molar-refractivity contribution is 5.81. The number of piperazine rings is 1. The fraction of sp³-hybridized carbons (Fsp3) is 0.357. The maximum Gasteiger partial charge on any atom is 0.314 e. The molecule has 43 heavy (non-hydrogen) atoms. The number of halogens is 3. The smallest absolute Gasteiger partial charge is 0.314 e. The van der Waals surface area contributed by atoms with Gasteiger partial charge in [-0.25, -0.2) is 14.4 Å². The molecule has 12 nitrogen and oxygen atoms in total. The van der Waals surface area contributed by atoms with Crippen molar-refractivity contribution < 1.29 is 31.9 Å². The van der Waals surface area contributed by atoms with Crippen LogP contribution in [0.25, 0.3) is 22.6 Å². The van der Waals surface area contributed by atoms with Gasteiger partial charge in [0.15, 0.2) is 0 Å². The minimum Gasteiger partial charge on any atom is -0.495 e. The summed E-state index contributed by atoms with van der Waals surface area (Å²) in [5, 5.41) is 6.89. The van der Waals surface area contributed by atoms with Gasteiger partial charge in [-0.05, 0) is 18.2 Å². The van der Waals surface area contributed by atoms with Crippen LogP contribution >= 0.6 is 0 Å². The van der Waals surface area contributed by atoms with Crippen molar-refractivity contribution in [3.63, 3.8) is 0 Å². The number of carbonyl (C=O) groups excluding carboxylic acids is 1. The van der Waals surface area contributed by atoms with Gasteiger partial charge in [0.05, 0.1) is 49.9 Å². The Kier molecular flexibility index (Phi) is 8.16. The summed E-state index contributed by atoms with van der Waals surface area (Å²) in [5.74, 6) is -0.660. The van der Waals surface area contributed by atoms with E-state index in [0.717, 1.165) is 39.4 Å². The van der Waals surface area contributed by atoms with Crippen LogP contribution in [0.15, 0.2) is 47.3 Å². The average molecular weight is 597 g/mol. The Balaban J connectivity index is 1.15. The lowest BCUT2D eigenvalue weighted by atomic mass is 10.1. The molecule has 1 aromatic carbocycles. The first-order chi connectivity index (χ1) is 20.9. The Labute approximate surface area is 244 Å². The summed E-state index contributed by atoms with van der Waals surface area (Å²) in [7, 11) is 1.42. The number of rotatable bonds is 10. The second-order valence-electron chi connectivity index (χ2n) is 10.0. The fourth-order valence-corrected chi connectivity index (χ4v) is 4.93. The molecule has 0 bridgehead atoms. The van der Waals surface area contributed by atoms with Gasteiger partial charge >= 0.3 is 6.43 Å². The third kappa shape index (κ3) is 5.99. The zero-order chi connectivity index (χ0) is 29.9. The van der Waals surface area contributed by atoms with Crippen LogP contribution in [0, 0.1) is 5.82 Å². The Morgan fingerprint density at radius 2 is 1.79 bits per heavy atom. The van der Waals surface area contributed by atoms with Crippen LogP contribution in [0.5, 0.6) is 5.75 Å². The topological polar surface area (TPSA) is 123 Å².